The number of hydrogen-bond acceptors (Lipinski definition) is 2. The van der Waals surface area contributed by atoms with Crippen LogP contribution < -0.4 is 5.32 Å². The van der Waals surface area contributed by atoms with Crippen LogP contribution in [0.15, 0.2) is 0 Å². The van der Waals surface area contributed by atoms with Gasteiger partial charge in [-0.05, 0) is 62.3 Å². The van der Waals surface area contributed by atoms with Crippen molar-refractivity contribution in [3.8, 4) is 0 Å². The predicted octanol–water partition coefficient (Wildman–Crippen LogP) is 2.27. The van der Waals surface area contributed by atoms with E-state index in [2.05, 4.69) is 5.32 Å². The van der Waals surface area contributed by atoms with Crippen molar-refractivity contribution < 1.29 is 4.79 Å². The van der Waals surface area contributed by atoms with E-state index in [0.29, 0.717) is 6.42 Å². The minimum absolute atomic E-state index is 0.255. The van der Waals surface area contributed by atoms with E-state index in [-0.39, 0.29) is 5.91 Å². The van der Waals surface area contributed by atoms with E-state index < -0.39 is 0 Å². The smallest absolute Gasteiger partial charge is 0.222 e. The van der Waals surface area contributed by atoms with Crippen molar-refractivity contribution in [1.82, 2.24) is 10.2 Å². The van der Waals surface area contributed by atoms with Gasteiger partial charge in [-0.15, -0.1) is 0 Å². The zero-order chi connectivity index (χ0) is 13.4. The fourth-order valence-corrected chi connectivity index (χ4v) is 5.05. The van der Waals surface area contributed by atoms with Crippen LogP contribution in [-0.2, 0) is 4.79 Å². The molecule has 3 saturated carbocycles. The van der Waals surface area contributed by atoms with Gasteiger partial charge in [0.1, 0.15) is 0 Å². The molecule has 0 aromatic rings. The Balaban J connectivity index is 1.39. The summed E-state index contributed by atoms with van der Waals surface area (Å²) in [7, 11) is 3.68. The molecular weight excluding hydrogens is 236 g/mol. The summed E-state index contributed by atoms with van der Waals surface area (Å²) in [4.78, 5) is 13.2. The number of nitrogens with one attached hydrogen (secondary N) is 1. The van der Waals surface area contributed by atoms with Crippen LogP contribution in [0.3, 0.4) is 0 Å². The molecule has 3 nitrogen and oxygen atoms in total. The topological polar surface area (TPSA) is 32.3 Å². The van der Waals surface area contributed by atoms with Gasteiger partial charge >= 0.3 is 0 Å². The molecule has 0 aromatic carbocycles. The lowest BCUT2D eigenvalue weighted by Crippen LogP contribution is -2.40. The van der Waals surface area contributed by atoms with Crippen molar-refractivity contribution in [3.63, 3.8) is 0 Å². The van der Waals surface area contributed by atoms with E-state index in [1.54, 1.807) is 4.90 Å². The Hall–Kier alpha value is -0.570. The van der Waals surface area contributed by atoms with Gasteiger partial charge in [0.2, 0.25) is 5.91 Å². The van der Waals surface area contributed by atoms with Gasteiger partial charge in [-0.25, -0.2) is 0 Å². The first-order chi connectivity index (χ1) is 9.16. The molecule has 3 rings (SSSR count). The third-order valence-electron chi connectivity index (χ3n) is 5.90. The molecule has 3 aliphatic rings. The van der Waals surface area contributed by atoms with Crippen LogP contribution in [0.5, 0.6) is 0 Å². The molecule has 3 fully saturated rings. The summed E-state index contributed by atoms with van der Waals surface area (Å²) in [5, 5.41) is 3.75. The van der Waals surface area contributed by atoms with Crippen molar-refractivity contribution in [2.24, 2.45) is 23.7 Å². The van der Waals surface area contributed by atoms with Gasteiger partial charge in [-0.2, -0.15) is 0 Å². The van der Waals surface area contributed by atoms with Gasteiger partial charge in [0.05, 0.1) is 0 Å². The molecule has 3 aliphatic carbocycles. The molecule has 5 atom stereocenters. The molecule has 108 valence electrons. The number of rotatable bonds is 5. The first kappa shape index (κ1) is 13.4. The average Bonchev–Trinajstić information content (AvgIpc) is 3.05. The van der Waals surface area contributed by atoms with Crippen molar-refractivity contribution in [1.29, 1.82) is 0 Å². The molecule has 1 amide bonds. The van der Waals surface area contributed by atoms with Crippen LogP contribution in [0.1, 0.15) is 44.9 Å². The largest absolute Gasteiger partial charge is 0.349 e. The molecular formula is C16H28N2O. The van der Waals surface area contributed by atoms with E-state index in [0.717, 1.165) is 42.7 Å². The molecule has 0 aliphatic heterocycles. The first-order valence-electron chi connectivity index (χ1n) is 8.10. The molecule has 3 heteroatoms. The number of carbonyl (C=O) groups excluding carboxylic acids is 1. The van der Waals surface area contributed by atoms with Crippen LogP contribution in [0.25, 0.3) is 0 Å². The quantitative estimate of drug-likeness (QED) is 0.773. The number of fused-ring (bicyclic) bond motifs is 5. The number of nitrogens with zero attached hydrogens (tertiary/aromatic N) is 1. The third kappa shape index (κ3) is 2.54. The van der Waals surface area contributed by atoms with E-state index >= 15 is 0 Å². The minimum Gasteiger partial charge on any atom is -0.349 e. The Morgan fingerprint density at radius 2 is 1.95 bits per heavy atom. The Morgan fingerprint density at radius 1 is 1.16 bits per heavy atom. The van der Waals surface area contributed by atoms with Crippen molar-refractivity contribution in [2.75, 3.05) is 20.6 Å². The minimum atomic E-state index is 0.255. The Bertz CT molecular complexity index is 342. The third-order valence-corrected chi connectivity index (χ3v) is 5.90. The second-order valence-electron chi connectivity index (χ2n) is 7.11. The zero-order valence-corrected chi connectivity index (χ0v) is 12.4. The molecule has 2 bridgehead atoms. The van der Waals surface area contributed by atoms with Gasteiger partial charge in [0.15, 0.2) is 0 Å². The maximum Gasteiger partial charge on any atom is 0.222 e. The summed E-state index contributed by atoms with van der Waals surface area (Å²) in [5.41, 5.74) is 0. The van der Waals surface area contributed by atoms with E-state index in [1.165, 1.54) is 32.1 Å². The van der Waals surface area contributed by atoms with Gasteiger partial charge < -0.3 is 10.2 Å². The number of carbonyl (C=O) groups is 1. The molecule has 0 radical (unpaired) electrons. The van der Waals surface area contributed by atoms with Crippen LogP contribution in [0.4, 0.5) is 0 Å². The summed E-state index contributed by atoms with van der Waals surface area (Å²) in [6, 6.07) is 0.763. The fraction of sp³-hybridized carbons (Fsp3) is 0.938. The summed E-state index contributed by atoms with van der Waals surface area (Å²) >= 11 is 0. The van der Waals surface area contributed by atoms with Crippen molar-refractivity contribution >= 4 is 5.91 Å². The summed E-state index contributed by atoms with van der Waals surface area (Å²) in [6.45, 7) is 1.02. The highest BCUT2D eigenvalue weighted by atomic mass is 16.2. The monoisotopic (exact) mass is 264 g/mol. The second-order valence-corrected chi connectivity index (χ2v) is 7.11. The summed E-state index contributed by atoms with van der Waals surface area (Å²) in [5.74, 6) is 4.36. The highest BCUT2D eigenvalue weighted by Gasteiger charge is 2.53. The molecule has 0 spiro atoms. The van der Waals surface area contributed by atoms with Gasteiger partial charge in [-0.3, -0.25) is 4.79 Å². The Morgan fingerprint density at radius 3 is 2.74 bits per heavy atom. The highest BCUT2D eigenvalue weighted by molar-refractivity contribution is 5.75. The zero-order valence-electron chi connectivity index (χ0n) is 12.4. The first-order valence-corrected chi connectivity index (χ1v) is 8.10. The Labute approximate surface area is 117 Å². The van der Waals surface area contributed by atoms with Gasteiger partial charge in [0, 0.05) is 26.6 Å². The van der Waals surface area contributed by atoms with Gasteiger partial charge in [0.25, 0.3) is 0 Å². The molecule has 0 heterocycles. The molecule has 0 aromatic heterocycles. The number of amides is 1. The molecule has 5 unspecified atom stereocenters. The fourth-order valence-electron chi connectivity index (χ4n) is 5.05. The average molecular weight is 264 g/mol. The standard InChI is InChI=1S/C16H28N2O/c1-18(2)16(19)7-4-8-17-15-10-11-9-14(15)13-6-3-5-12(11)13/h11-15,17H,3-10H2,1-2H3. The lowest BCUT2D eigenvalue weighted by molar-refractivity contribution is -0.128. The molecule has 1 N–H and O–H groups in total. The summed E-state index contributed by atoms with van der Waals surface area (Å²) in [6.07, 6.45) is 9.05. The summed E-state index contributed by atoms with van der Waals surface area (Å²) < 4.78 is 0. The van der Waals surface area contributed by atoms with Crippen molar-refractivity contribution in [2.45, 2.75) is 51.0 Å². The molecule has 19 heavy (non-hydrogen) atoms. The van der Waals surface area contributed by atoms with Crippen LogP contribution >= 0.6 is 0 Å². The lowest BCUT2D eigenvalue weighted by atomic mass is 9.79. The van der Waals surface area contributed by atoms with Gasteiger partial charge in [-0.1, -0.05) is 6.42 Å². The number of hydrogen-bond donors (Lipinski definition) is 1. The second kappa shape index (κ2) is 5.43. The highest BCUT2D eigenvalue weighted by Crippen LogP contribution is 2.58. The SMILES string of the molecule is CN(C)C(=O)CCCNC1CC2CC1C1CCCC21. The van der Waals surface area contributed by atoms with Crippen molar-refractivity contribution in [3.05, 3.63) is 0 Å². The van der Waals surface area contributed by atoms with Crippen LogP contribution in [0, 0.1) is 23.7 Å². The maximum absolute atomic E-state index is 11.5. The lowest BCUT2D eigenvalue weighted by Gasteiger charge is -2.32. The van der Waals surface area contributed by atoms with Crippen LogP contribution in [0.2, 0.25) is 0 Å². The van der Waals surface area contributed by atoms with E-state index in [4.69, 9.17) is 0 Å². The normalized spacial score (nSPS) is 39.6. The Kier molecular flexibility index (Phi) is 3.84. The van der Waals surface area contributed by atoms with E-state index in [1.807, 2.05) is 14.1 Å². The molecule has 0 saturated heterocycles. The maximum atomic E-state index is 11.5. The predicted molar refractivity (Wildman–Crippen MR) is 76.8 cm³/mol. The van der Waals surface area contributed by atoms with E-state index in [9.17, 15) is 4.79 Å². The van der Waals surface area contributed by atoms with Crippen LogP contribution in [-0.4, -0.2) is 37.5 Å².